The predicted octanol–water partition coefficient (Wildman–Crippen LogP) is 1.52. The average molecular weight is 433 g/mol. The van der Waals surface area contributed by atoms with E-state index in [9.17, 15) is 18.0 Å². The molecule has 0 saturated heterocycles. The molecule has 29 heavy (non-hydrogen) atoms. The summed E-state index contributed by atoms with van der Waals surface area (Å²) >= 11 is 1.47. The van der Waals surface area contributed by atoms with Crippen molar-refractivity contribution >= 4 is 39.0 Å². The molecule has 0 bridgehead atoms. The van der Waals surface area contributed by atoms with Gasteiger partial charge in [0.15, 0.2) is 0 Å². The number of thiophene rings is 1. The van der Waals surface area contributed by atoms with Gasteiger partial charge in [0.25, 0.3) is 21.8 Å². The van der Waals surface area contributed by atoms with Gasteiger partial charge in [-0.2, -0.15) is 0 Å². The van der Waals surface area contributed by atoms with Crippen molar-refractivity contribution < 1.29 is 18.0 Å². The minimum absolute atomic E-state index is 0.115. The van der Waals surface area contributed by atoms with Crippen LogP contribution in [0, 0.1) is 0 Å². The lowest BCUT2D eigenvalue weighted by Gasteiger charge is -2.05. The Morgan fingerprint density at radius 1 is 1.10 bits per heavy atom. The minimum atomic E-state index is -3.65. The number of amides is 2. The highest BCUT2D eigenvalue weighted by atomic mass is 32.2. The summed E-state index contributed by atoms with van der Waals surface area (Å²) in [5.74, 6) is -0.799. The fourth-order valence-electron chi connectivity index (χ4n) is 3.41. The van der Waals surface area contributed by atoms with Gasteiger partial charge in [0.05, 0.1) is 9.77 Å². The summed E-state index contributed by atoms with van der Waals surface area (Å²) in [4.78, 5) is 30.3. The molecule has 8 nitrogen and oxygen atoms in total. The SMILES string of the molecule is O=C(CN=C1NS(=O)(=O)c2ccccc21)NNC(=O)c1cc2c(s1)CCCCC2. The van der Waals surface area contributed by atoms with Gasteiger partial charge in [0.2, 0.25) is 0 Å². The molecule has 2 aliphatic rings. The zero-order valence-corrected chi connectivity index (χ0v) is 17.2. The van der Waals surface area contributed by atoms with E-state index < -0.39 is 15.9 Å². The standard InChI is InChI=1S/C19H20N4O4S2/c24-17(11-20-18-13-7-4-5-9-16(13)29(26,27)23-18)21-22-19(25)15-10-12-6-2-1-3-8-14(12)28-15/h4-5,7,9-10H,1-3,6,8,11H2,(H,20,23)(H,21,24)(H,22,25). The first kappa shape index (κ1) is 19.6. The van der Waals surface area contributed by atoms with E-state index in [0.29, 0.717) is 10.4 Å². The van der Waals surface area contributed by atoms with Gasteiger partial charge in [-0.3, -0.25) is 30.2 Å². The first-order chi connectivity index (χ1) is 13.9. The third kappa shape index (κ3) is 4.18. The number of aliphatic imine (C=N–C) groups is 1. The van der Waals surface area contributed by atoms with Crippen molar-refractivity contribution in [2.75, 3.05) is 6.54 Å². The molecule has 1 aromatic heterocycles. The topological polar surface area (TPSA) is 117 Å². The predicted molar refractivity (Wildman–Crippen MR) is 109 cm³/mol. The molecule has 152 valence electrons. The molecule has 0 radical (unpaired) electrons. The molecule has 10 heteroatoms. The van der Waals surface area contributed by atoms with Gasteiger partial charge in [0, 0.05) is 10.4 Å². The number of carbonyl (C=O) groups excluding carboxylic acids is 2. The highest BCUT2D eigenvalue weighted by Gasteiger charge is 2.30. The maximum atomic E-state index is 12.3. The second-order valence-corrected chi connectivity index (χ2v) is 9.68. The van der Waals surface area contributed by atoms with Crippen LogP contribution in [-0.2, 0) is 27.7 Å². The van der Waals surface area contributed by atoms with E-state index in [1.54, 1.807) is 18.2 Å². The zero-order valence-electron chi connectivity index (χ0n) is 15.5. The number of sulfonamides is 1. The Morgan fingerprint density at radius 3 is 2.76 bits per heavy atom. The molecular weight excluding hydrogens is 412 g/mol. The van der Waals surface area contributed by atoms with Gasteiger partial charge >= 0.3 is 0 Å². The van der Waals surface area contributed by atoms with Crippen LogP contribution in [0.3, 0.4) is 0 Å². The number of aryl methyl sites for hydroxylation is 2. The number of hydrogen-bond donors (Lipinski definition) is 3. The van der Waals surface area contributed by atoms with Crippen LogP contribution in [0.2, 0.25) is 0 Å². The Labute approximate surface area is 172 Å². The van der Waals surface area contributed by atoms with Crippen LogP contribution in [0.1, 0.15) is 44.9 Å². The van der Waals surface area contributed by atoms with Crippen molar-refractivity contribution in [2.24, 2.45) is 4.99 Å². The van der Waals surface area contributed by atoms with Gasteiger partial charge < -0.3 is 0 Å². The number of carbonyl (C=O) groups is 2. The number of nitrogens with one attached hydrogen (secondary N) is 3. The van der Waals surface area contributed by atoms with Crippen molar-refractivity contribution in [3.8, 4) is 0 Å². The second-order valence-electron chi connectivity index (χ2n) is 6.89. The number of benzene rings is 1. The highest BCUT2D eigenvalue weighted by Crippen LogP contribution is 2.28. The molecule has 0 unspecified atom stereocenters. The molecular formula is C19H20N4O4S2. The van der Waals surface area contributed by atoms with Crippen LogP contribution in [0.25, 0.3) is 0 Å². The Balaban J connectivity index is 1.35. The van der Waals surface area contributed by atoms with Crippen molar-refractivity contribution in [1.29, 1.82) is 0 Å². The Hall–Kier alpha value is -2.72. The van der Waals surface area contributed by atoms with Crippen LogP contribution < -0.4 is 15.6 Å². The molecule has 2 aromatic rings. The van der Waals surface area contributed by atoms with Crippen LogP contribution >= 0.6 is 11.3 Å². The van der Waals surface area contributed by atoms with Crippen LogP contribution in [0.5, 0.6) is 0 Å². The van der Waals surface area contributed by atoms with E-state index in [1.807, 2.05) is 6.07 Å². The lowest BCUT2D eigenvalue weighted by Crippen LogP contribution is -2.42. The quantitative estimate of drug-likeness (QED) is 0.503. The van der Waals surface area contributed by atoms with E-state index in [0.717, 1.165) is 25.7 Å². The summed E-state index contributed by atoms with van der Waals surface area (Å²) < 4.78 is 26.4. The van der Waals surface area contributed by atoms with Crippen molar-refractivity contribution in [1.82, 2.24) is 15.6 Å². The third-order valence-electron chi connectivity index (χ3n) is 4.83. The normalized spacial score (nSPS) is 18.3. The van der Waals surface area contributed by atoms with E-state index >= 15 is 0 Å². The highest BCUT2D eigenvalue weighted by molar-refractivity contribution is 7.90. The summed E-state index contributed by atoms with van der Waals surface area (Å²) in [6.07, 6.45) is 5.46. The number of rotatable bonds is 3. The fraction of sp³-hybridized carbons (Fsp3) is 0.316. The Bertz CT molecular complexity index is 1080. The summed E-state index contributed by atoms with van der Waals surface area (Å²) in [6.45, 7) is -0.326. The Kier molecular flexibility index (Phi) is 5.37. The van der Waals surface area contributed by atoms with Crippen molar-refractivity contribution in [3.63, 3.8) is 0 Å². The lowest BCUT2D eigenvalue weighted by atomic mass is 10.1. The molecule has 0 fully saturated rings. The lowest BCUT2D eigenvalue weighted by molar-refractivity contribution is -0.120. The largest absolute Gasteiger partial charge is 0.279 e. The van der Waals surface area contributed by atoms with E-state index in [2.05, 4.69) is 20.6 Å². The minimum Gasteiger partial charge on any atom is -0.271 e. The number of hydrogen-bond acceptors (Lipinski definition) is 6. The molecule has 1 aromatic carbocycles. The van der Waals surface area contributed by atoms with Crippen LogP contribution in [0.4, 0.5) is 0 Å². The monoisotopic (exact) mass is 432 g/mol. The Morgan fingerprint density at radius 2 is 1.90 bits per heavy atom. The third-order valence-corrected chi connectivity index (χ3v) is 7.46. The molecule has 4 rings (SSSR count). The molecule has 0 atom stereocenters. The molecule has 1 aliphatic carbocycles. The van der Waals surface area contributed by atoms with Gasteiger partial charge in [-0.1, -0.05) is 18.6 Å². The smallest absolute Gasteiger partial charge is 0.271 e. The molecule has 3 N–H and O–H groups in total. The van der Waals surface area contributed by atoms with Crippen molar-refractivity contribution in [3.05, 3.63) is 51.2 Å². The zero-order chi connectivity index (χ0) is 20.4. The van der Waals surface area contributed by atoms with E-state index in [-0.39, 0.29) is 23.2 Å². The summed E-state index contributed by atoms with van der Waals surface area (Å²) in [6, 6.07) is 8.31. The second kappa shape index (κ2) is 7.96. The van der Waals surface area contributed by atoms with Gasteiger partial charge in [0.1, 0.15) is 12.4 Å². The van der Waals surface area contributed by atoms with Gasteiger partial charge in [-0.15, -0.1) is 11.3 Å². The van der Waals surface area contributed by atoms with E-state index in [4.69, 9.17) is 0 Å². The molecule has 0 saturated carbocycles. The van der Waals surface area contributed by atoms with Crippen LogP contribution in [0.15, 0.2) is 40.2 Å². The van der Waals surface area contributed by atoms with Crippen molar-refractivity contribution in [2.45, 2.75) is 37.0 Å². The fourth-order valence-corrected chi connectivity index (χ4v) is 5.81. The summed E-state index contributed by atoms with van der Waals surface area (Å²) in [5, 5.41) is 0. The molecule has 2 amide bonds. The number of amidine groups is 1. The van der Waals surface area contributed by atoms with Gasteiger partial charge in [-0.05, 0) is 49.4 Å². The number of fused-ring (bicyclic) bond motifs is 2. The molecule has 1 aliphatic heterocycles. The average Bonchev–Trinajstić information content (AvgIpc) is 3.14. The summed E-state index contributed by atoms with van der Waals surface area (Å²) in [5.41, 5.74) is 6.37. The number of hydrazine groups is 1. The maximum Gasteiger partial charge on any atom is 0.279 e. The van der Waals surface area contributed by atoms with E-state index in [1.165, 1.54) is 34.3 Å². The first-order valence-corrected chi connectivity index (χ1v) is 11.6. The van der Waals surface area contributed by atoms with Crippen LogP contribution in [-0.4, -0.2) is 32.6 Å². The molecule has 2 heterocycles. The molecule has 0 spiro atoms. The summed E-state index contributed by atoms with van der Waals surface area (Å²) in [7, 11) is -3.65. The number of nitrogens with zero attached hydrogens (tertiary/aromatic N) is 1. The maximum absolute atomic E-state index is 12.3. The van der Waals surface area contributed by atoms with Gasteiger partial charge in [-0.25, -0.2) is 8.42 Å². The first-order valence-electron chi connectivity index (χ1n) is 9.31.